The fourth-order valence-electron chi connectivity index (χ4n) is 3.45. The van der Waals surface area contributed by atoms with Gasteiger partial charge in [-0.15, -0.1) is 0 Å². The van der Waals surface area contributed by atoms with E-state index in [9.17, 15) is 13.2 Å². The summed E-state index contributed by atoms with van der Waals surface area (Å²) in [5, 5.41) is 13.9. The van der Waals surface area contributed by atoms with Crippen LogP contribution >= 0.6 is 0 Å². The van der Waals surface area contributed by atoms with Gasteiger partial charge in [-0.3, -0.25) is 0 Å². The first-order valence-electron chi connectivity index (χ1n) is 9.08. The Hall–Kier alpha value is -2.57. The van der Waals surface area contributed by atoms with Gasteiger partial charge in [0.15, 0.2) is 0 Å². The second-order valence-electron chi connectivity index (χ2n) is 7.94. The van der Waals surface area contributed by atoms with Gasteiger partial charge in [-0.25, -0.2) is 4.99 Å². The van der Waals surface area contributed by atoms with Crippen molar-refractivity contribution in [2.24, 2.45) is 10.4 Å². The van der Waals surface area contributed by atoms with Crippen LogP contribution in [0.3, 0.4) is 0 Å². The summed E-state index contributed by atoms with van der Waals surface area (Å²) in [6.45, 7) is 11.8. The molecule has 1 aliphatic rings. The zero-order chi connectivity index (χ0) is 21.1. The lowest BCUT2D eigenvalue weighted by atomic mass is 9.68. The molecule has 0 heterocycles. The van der Waals surface area contributed by atoms with Crippen LogP contribution < -0.4 is 10.6 Å². The summed E-state index contributed by atoms with van der Waals surface area (Å²) in [4.78, 5) is 4.42. The SMILES string of the molecule is C=C(/N=C(C)\C(C=N)=C(/C)Nc1cccc(C(F)(F)F)c1)NC1CC(C)(C)C1. The molecule has 1 aromatic rings. The molecule has 1 aliphatic carbocycles. The van der Waals surface area contributed by atoms with E-state index in [-0.39, 0.29) is 0 Å². The van der Waals surface area contributed by atoms with E-state index in [1.165, 1.54) is 6.07 Å². The second kappa shape index (κ2) is 8.20. The summed E-state index contributed by atoms with van der Waals surface area (Å²) >= 11 is 0. The molecule has 0 bridgehead atoms. The first kappa shape index (κ1) is 21.7. The molecule has 0 spiro atoms. The Morgan fingerprint density at radius 2 is 1.93 bits per heavy atom. The molecule has 1 aromatic carbocycles. The lowest BCUT2D eigenvalue weighted by Crippen LogP contribution is -2.45. The van der Waals surface area contributed by atoms with Crippen molar-refractivity contribution >= 4 is 17.6 Å². The predicted octanol–water partition coefficient (Wildman–Crippen LogP) is 5.75. The molecule has 0 atom stereocenters. The summed E-state index contributed by atoms with van der Waals surface area (Å²) in [7, 11) is 0. The fourth-order valence-corrected chi connectivity index (χ4v) is 3.45. The van der Waals surface area contributed by atoms with E-state index in [2.05, 4.69) is 36.1 Å². The molecule has 3 N–H and O–H groups in total. The Morgan fingerprint density at radius 1 is 1.29 bits per heavy atom. The Labute approximate surface area is 164 Å². The third-order valence-electron chi connectivity index (χ3n) is 4.73. The lowest BCUT2D eigenvalue weighted by Gasteiger charge is -2.43. The van der Waals surface area contributed by atoms with Gasteiger partial charge in [-0.2, -0.15) is 13.2 Å². The van der Waals surface area contributed by atoms with E-state index < -0.39 is 11.7 Å². The smallest absolute Gasteiger partial charge is 0.368 e. The van der Waals surface area contributed by atoms with Crippen LogP contribution in [0.4, 0.5) is 18.9 Å². The first-order valence-corrected chi connectivity index (χ1v) is 9.08. The van der Waals surface area contributed by atoms with Crippen molar-refractivity contribution in [1.82, 2.24) is 5.32 Å². The minimum atomic E-state index is -4.41. The summed E-state index contributed by atoms with van der Waals surface area (Å²) in [5.41, 5.74) is 1.49. The van der Waals surface area contributed by atoms with Crippen LogP contribution in [0.1, 0.15) is 46.1 Å². The molecule has 7 heteroatoms. The van der Waals surface area contributed by atoms with Crippen LogP contribution in [-0.2, 0) is 6.18 Å². The second-order valence-corrected chi connectivity index (χ2v) is 7.94. The number of benzene rings is 1. The molecule has 0 unspecified atom stereocenters. The summed E-state index contributed by atoms with van der Waals surface area (Å²) in [6.07, 6.45) is -1.18. The molecular weight excluding hydrogens is 365 g/mol. The lowest BCUT2D eigenvalue weighted by molar-refractivity contribution is -0.137. The van der Waals surface area contributed by atoms with Gasteiger partial charge >= 0.3 is 6.18 Å². The summed E-state index contributed by atoms with van der Waals surface area (Å²) in [5.74, 6) is 0.518. The average Bonchev–Trinajstić information content (AvgIpc) is 2.53. The van der Waals surface area contributed by atoms with Crippen LogP contribution in [0.5, 0.6) is 0 Å². The van der Waals surface area contributed by atoms with E-state index >= 15 is 0 Å². The number of nitrogens with zero attached hydrogens (tertiary/aromatic N) is 1. The average molecular weight is 392 g/mol. The van der Waals surface area contributed by atoms with Crippen LogP contribution in [-0.4, -0.2) is 18.0 Å². The van der Waals surface area contributed by atoms with E-state index in [0.29, 0.717) is 39.9 Å². The topological polar surface area (TPSA) is 60.3 Å². The van der Waals surface area contributed by atoms with E-state index in [1.54, 1.807) is 19.9 Å². The van der Waals surface area contributed by atoms with Gasteiger partial charge in [0.1, 0.15) is 5.82 Å². The molecular formula is C21H27F3N4. The van der Waals surface area contributed by atoms with Gasteiger partial charge in [-0.05, 0) is 50.3 Å². The van der Waals surface area contributed by atoms with Crippen LogP contribution in [0.2, 0.25) is 0 Å². The van der Waals surface area contributed by atoms with Crippen LogP contribution in [0.15, 0.2) is 52.9 Å². The highest BCUT2D eigenvalue weighted by molar-refractivity contribution is 6.15. The molecule has 152 valence electrons. The molecule has 0 aromatic heterocycles. The highest BCUT2D eigenvalue weighted by Gasteiger charge is 2.36. The number of aliphatic imine (C=N–C) groups is 1. The van der Waals surface area contributed by atoms with Gasteiger partial charge in [0.25, 0.3) is 0 Å². The van der Waals surface area contributed by atoms with E-state index in [1.807, 2.05) is 0 Å². The highest BCUT2D eigenvalue weighted by atomic mass is 19.4. The van der Waals surface area contributed by atoms with Gasteiger partial charge in [0.2, 0.25) is 0 Å². The van der Waals surface area contributed by atoms with Crippen molar-refractivity contribution in [1.29, 1.82) is 5.41 Å². The third kappa shape index (κ3) is 5.71. The molecule has 0 radical (unpaired) electrons. The molecule has 2 rings (SSSR count). The number of halogens is 3. The number of anilines is 1. The van der Waals surface area contributed by atoms with Crippen molar-refractivity contribution in [2.45, 2.75) is 52.8 Å². The van der Waals surface area contributed by atoms with Crippen molar-refractivity contribution in [3.05, 3.63) is 53.5 Å². The number of hydrogen-bond acceptors (Lipinski definition) is 4. The summed E-state index contributed by atoms with van der Waals surface area (Å²) < 4.78 is 38.6. The largest absolute Gasteiger partial charge is 0.416 e. The van der Waals surface area contributed by atoms with Crippen molar-refractivity contribution in [3.63, 3.8) is 0 Å². The van der Waals surface area contributed by atoms with E-state index in [0.717, 1.165) is 31.2 Å². The monoisotopic (exact) mass is 392 g/mol. The Kier molecular flexibility index (Phi) is 6.37. The van der Waals surface area contributed by atoms with Crippen LogP contribution in [0, 0.1) is 10.8 Å². The number of nitrogens with one attached hydrogen (secondary N) is 3. The van der Waals surface area contributed by atoms with Gasteiger partial charge in [0, 0.05) is 29.2 Å². The molecule has 0 aliphatic heterocycles. The molecule has 4 nitrogen and oxygen atoms in total. The minimum absolute atomic E-state index is 0.299. The molecule has 28 heavy (non-hydrogen) atoms. The number of allylic oxidation sites excluding steroid dienone is 2. The standard InChI is InChI=1S/C21H27F3N4/c1-13(26-15(3)28-18-10-20(4,5)11-18)19(12-25)14(2)27-17-8-6-7-16(9-17)21(22,23)24/h6-9,12,18,25,27-28H,3,10-11H2,1-2,4-5H3/b19-14+,25-12?,26-13-. The third-order valence-corrected chi connectivity index (χ3v) is 4.73. The van der Waals surface area contributed by atoms with E-state index in [4.69, 9.17) is 5.41 Å². The molecule has 1 saturated carbocycles. The van der Waals surface area contributed by atoms with Crippen molar-refractivity contribution < 1.29 is 13.2 Å². The van der Waals surface area contributed by atoms with Gasteiger partial charge in [0.05, 0.1) is 11.3 Å². The number of hydrogen-bond donors (Lipinski definition) is 3. The zero-order valence-corrected chi connectivity index (χ0v) is 16.7. The maximum Gasteiger partial charge on any atom is 0.416 e. The van der Waals surface area contributed by atoms with Crippen molar-refractivity contribution in [3.8, 4) is 0 Å². The maximum atomic E-state index is 12.9. The predicted molar refractivity (Wildman–Crippen MR) is 109 cm³/mol. The van der Waals surface area contributed by atoms with Crippen LogP contribution in [0.25, 0.3) is 0 Å². The Bertz CT molecular complexity index is 811. The van der Waals surface area contributed by atoms with Crippen molar-refractivity contribution in [2.75, 3.05) is 5.32 Å². The zero-order valence-electron chi connectivity index (χ0n) is 16.7. The maximum absolute atomic E-state index is 12.9. The molecule has 0 saturated heterocycles. The number of rotatable bonds is 7. The first-order chi connectivity index (χ1) is 12.9. The van der Waals surface area contributed by atoms with Gasteiger partial charge < -0.3 is 16.0 Å². The van der Waals surface area contributed by atoms with Gasteiger partial charge in [-0.1, -0.05) is 26.5 Å². The normalized spacial score (nSPS) is 18.0. The Morgan fingerprint density at radius 3 is 2.46 bits per heavy atom. The Balaban J connectivity index is 2.12. The summed E-state index contributed by atoms with van der Waals surface area (Å²) in [6, 6.07) is 5.29. The molecule has 0 amide bonds. The quantitative estimate of drug-likeness (QED) is 0.517. The highest BCUT2D eigenvalue weighted by Crippen LogP contribution is 2.40. The number of alkyl halides is 3. The fraction of sp³-hybridized carbons (Fsp3) is 0.429. The molecule has 1 fully saturated rings. The minimum Gasteiger partial charge on any atom is -0.368 e.